The summed E-state index contributed by atoms with van der Waals surface area (Å²) in [5.41, 5.74) is 2.34. The molecule has 2 rings (SSSR count). The SMILES string of the molecule is COc1cccnc1C1=CC(Cl)CC(C)(C)C1. The van der Waals surface area contributed by atoms with Crippen molar-refractivity contribution in [3.8, 4) is 5.75 Å². The molecule has 1 unspecified atom stereocenters. The van der Waals surface area contributed by atoms with Crippen LogP contribution in [0.1, 0.15) is 32.4 Å². The number of rotatable bonds is 2. The highest BCUT2D eigenvalue weighted by molar-refractivity contribution is 6.22. The fourth-order valence-corrected chi connectivity index (χ4v) is 2.98. The van der Waals surface area contributed by atoms with Crippen molar-refractivity contribution in [2.24, 2.45) is 5.41 Å². The topological polar surface area (TPSA) is 22.1 Å². The lowest BCUT2D eigenvalue weighted by atomic mass is 9.76. The van der Waals surface area contributed by atoms with Gasteiger partial charge in [0.15, 0.2) is 0 Å². The monoisotopic (exact) mass is 251 g/mol. The summed E-state index contributed by atoms with van der Waals surface area (Å²) in [7, 11) is 1.67. The number of nitrogens with zero attached hydrogens (tertiary/aromatic N) is 1. The van der Waals surface area contributed by atoms with E-state index in [0.717, 1.165) is 24.3 Å². The van der Waals surface area contributed by atoms with E-state index < -0.39 is 0 Å². The molecule has 1 atom stereocenters. The maximum Gasteiger partial charge on any atom is 0.144 e. The van der Waals surface area contributed by atoms with Crippen LogP contribution in [0.2, 0.25) is 0 Å². The molecule has 0 radical (unpaired) electrons. The summed E-state index contributed by atoms with van der Waals surface area (Å²) in [6, 6.07) is 3.82. The molecule has 92 valence electrons. The van der Waals surface area contributed by atoms with Crippen LogP contribution < -0.4 is 4.74 Å². The van der Waals surface area contributed by atoms with E-state index in [1.54, 1.807) is 13.3 Å². The Balaban J connectivity index is 2.39. The minimum Gasteiger partial charge on any atom is -0.494 e. The zero-order chi connectivity index (χ0) is 12.5. The second kappa shape index (κ2) is 4.69. The van der Waals surface area contributed by atoms with Crippen molar-refractivity contribution in [3.63, 3.8) is 0 Å². The van der Waals surface area contributed by atoms with E-state index in [1.165, 1.54) is 5.57 Å². The molecule has 0 spiro atoms. The van der Waals surface area contributed by atoms with Crippen molar-refractivity contribution >= 4 is 17.2 Å². The molecule has 3 heteroatoms. The van der Waals surface area contributed by atoms with Gasteiger partial charge in [-0.1, -0.05) is 19.9 Å². The third-order valence-corrected chi connectivity index (χ3v) is 3.37. The Morgan fingerprint density at radius 3 is 2.88 bits per heavy atom. The average molecular weight is 252 g/mol. The molecule has 2 nitrogen and oxygen atoms in total. The molecule has 0 amide bonds. The Kier molecular flexibility index (Phi) is 3.43. The standard InChI is InChI=1S/C14H18ClNO/c1-14(2)8-10(7-11(15)9-14)13-12(17-3)5-4-6-16-13/h4-7,11H,8-9H2,1-3H3. The highest BCUT2D eigenvalue weighted by Gasteiger charge is 2.29. The maximum atomic E-state index is 6.30. The highest BCUT2D eigenvalue weighted by atomic mass is 35.5. The van der Waals surface area contributed by atoms with Gasteiger partial charge in [-0.25, -0.2) is 0 Å². The number of methoxy groups -OCH3 is 1. The number of ether oxygens (including phenoxy) is 1. The number of pyridine rings is 1. The molecule has 1 aliphatic carbocycles. The molecule has 1 aliphatic rings. The molecule has 0 saturated carbocycles. The van der Waals surface area contributed by atoms with Gasteiger partial charge in [-0.15, -0.1) is 11.6 Å². The number of halogens is 1. The Bertz CT molecular complexity index is 440. The Labute approximate surface area is 108 Å². The molecule has 1 aromatic heterocycles. The van der Waals surface area contributed by atoms with Gasteiger partial charge in [-0.2, -0.15) is 0 Å². The fraction of sp³-hybridized carbons (Fsp3) is 0.500. The summed E-state index contributed by atoms with van der Waals surface area (Å²) < 4.78 is 5.36. The smallest absolute Gasteiger partial charge is 0.144 e. The van der Waals surface area contributed by atoms with Gasteiger partial charge in [0.2, 0.25) is 0 Å². The average Bonchev–Trinajstić information content (AvgIpc) is 2.26. The van der Waals surface area contributed by atoms with Gasteiger partial charge in [-0.3, -0.25) is 4.98 Å². The first-order chi connectivity index (χ1) is 8.02. The van der Waals surface area contributed by atoms with E-state index in [0.29, 0.717) is 0 Å². The van der Waals surface area contributed by atoms with E-state index in [4.69, 9.17) is 16.3 Å². The zero-order valence-corrected chi connectivity index (χ0v) is 11.3. The molecule has 1 heterocycles. The van der Waals surface area contributed by atoms with Gasteiger partial charge >= 0.3 is 0 Å². The number of allylic oxidation sites excluding steroid dienone is 2. The number of hydrogen-bond donors (Lipinski definition) is 0. The molecule has 0 saturated heterocycles. The number of alkyl halides is 1. The van der Waals surface area contributed by atoms with Crippen LogP contribution in [0.4, 0.5) is 0 Å². The largest absolute Gasteiger partial charge is 0.494 e. The minimum atomic E-state index is 0.0838. The van der Waals surface area contributed by atoms with Crippen LogP contribution in [-0.2, 0) is 0 Å². The van der Waals surface area contributed by atoms with E-state index >= 15 is 0 Å². The Morgan fingerprint density at radius 1 is 1.47 bits per heavy atom. The molecule has 0 N–H and O–H groups in total. The van der Waals surface area contributed by atoms with Crippen molar-refractivity contribution in [1.82, 2.24) is 4.98 Å². The quantitative estimate of drug-likeness (QED) is 0.744. The Hall–Kier alpha value is -1.02. The summed E-state index contributed by atoms with van der Waals surface area (Å²) in [5, 5.41) is 0.0838. The van der Waals surface area contributed by atoms with Crippen LogP contribution in [0.3, 0.4) is 0 Å². The first kappa shape index (κ1) is 12.4. The summed E-state index contributed by atoms with van der Waals surface area (Å²) in [6.45, 7) is 4.48. The molecular formula is C14H18ClNO. The molecule has 0 aliphatic heterocycles. The first-order valence-electron chi connectivity index (χ1n) is 5.86. The summed E-state index contributed by atoms with van der Waals surface area (Å²) >= 11 is 6.30. The zero-order valence-electron chi connectivity index (χ0n) is 10.5. The van der Waals surface area contributed by atoms with Crippen molar-refractivity contribution < 1.29 is 4.74 Å². The van der Waals surface area contributed by atoms with E-state index in [9.17, 15) is 0 Å². The second-order valence-corrected chi connectivity index (χ2v) is 5.87. The van der Waals surface area contributed by atoms with Gasteiger partial charge in [0.05, 0.1) is 12.5 Å². The van der Waals surface area contributed by atoms with Crippen molar-refractivity contribution in [2.75, 3.05) is 7.11 Å². The van der Waals surface area contributed by atoms with Gasteiger partial charge < -0.3 is 4.74 Å². The summed E-state index contributed by atoms with van der Waals surface area (Å²) in [4.78, 5) is 4.42. The normalized spacial score (nSPS) is 23.1. The number of hydrogen-bond acceptors (Lipinski definition) is 2. The highest BCUT2D eigenvalue weighted by Crippen LogP contribution is 2.42. The lowest BCUT2D eigenvalue weighted by Gasteiger charge is -2.32. The minimum absolute atomic E-state index is 0.0838. The van der Waals surface area contributed by atoms with Crippen molar-refractivity contribution in [2.45, 2.75) is 32.1 Å². The van der Waals surface area contributed by atoms with Crippen LogP contribution in [0.25, 0.3) is 5.57 Å². The van der Waals surface area contributed by atoms with Gasteiger partial charge in [-0.05, 0) is 36.0 Å². The molecule has 1 aromatic rings. The molecule has 0 fully saturated rings. The lowest BCUT2D eigenvalue weighted by Crippen LogP contribution is -2.22. The molecular weight excluding hydrogens is 234 g/mol. The van der Waals surface area contributed by atoms with E-state index in [2.05, 4.69) is 24.9 Å². The van der Waals surface area contributed by atoms with Crippen LogP contribution in [0, 0.1) is 5.41 Å². The summed E-state index contributed by atoms with van der Waals surface area (Å²) in [6.07, 6.45) is 5.90. The predicted molar refractivity (Wildman–Crippen MR) is 71.4 cm³/mol. The van der Waals surface area contributed by atoms with Crippen LogP contribution in [0.15, 0.2) is 24.4 Å². The van der Waals surface area contributed by atoms with E-state index in [1.807, 2.05) is 12.1 Å². The van der Waals surface area contributed by atoms with Gasteiger partial charge in [0.25, 0.3) is 0 Å². The molecule has 0 aromatic carbocycles. The maximum absolute atomic E-state index is 6.30. The van der Waals surface area contributed by atoms with Gasteiger partial charge in [0.1, 0.15) is 11.4 Å². The fourth-order valence-electron chi connectivity index (χ4n) is 2.41. The lowest BCUT2D eigenvalue weighted by molar-refractivity contribution is 0.339. The number of aromatic nitrogens is 1. The predicted octanol–water partition coefficient (Wildman–Crippen LogP) is 3.90. The van der Waals surface area contributed by atoms with Crippen LogP contribution in [-0.4, -0.2) is 17.5 Å². The molecule has 0 bridgehead atoms. The summed E-state index contributed by atoms with van der Waals surface area (Å²) in [5.74, 6) is 0.820. The van der Waals surface area contributed by atoms with Gasteiger partial charge in [0, 0.05) is 6.20 Å². The third-order valence-electron chi connectivity index (χ3n) is 3.09. The molecule has 17 heavy (non-hydrogen) atoms. The third kappa shape index (κ3) is 2.81. The van der Waals surface area contributed by atoms with Crippen LogP contribution >= 0.6 is 11.6 Å². The first-order valence-corrected chi connectivity index (χ1v) is 6.30. The van der Waals surface area contributed by atoms with Crippen LogP contribution in [0.5, 0.6) is 5.75 Å². The Morgan fingerprint density at radius 2 is 2.24 bits per heavy atom. The van der Waals surface area contributed by atoms with Crippen molar-refractivity contribution in [1.29, 1.82) is 0 Å². The van der Waals surface area contributed by atoms with E-state index in [-0.39, 0.29) is 10.8 Å². The van der Waals surface area contributed by atoms with Crippen molar-refractivity contribution in [3.05, 3.63) is 30.1 Å². The second-order valence-electron chi connectivity index (χ2n) is 5.31.